The van der Waals surface area contributed by atoms with Gasteiger partial charge >= 0.3 is 5.97 Å². The molecule has 0 amide bonds. The van der Waals surface area contributed by atoms with Gasteiger partial charge in [0.25, 0.3) is 0 Å². The highest BCUT2D eigenvalue weighted by Gasteiger charge is 2.54. The van der Waals surface area contributed by atoms with E-state index in [0.717, 1.165) is 32.4 Å². The minimum absolute atomic E-state index is 0.0720. The zero-order valence-corrected chi connectivity index (χ0v) is 11.9. The van der Waals surface area contributed by atoms with Gasteiger partial charge < -0.3 is 4.74 Å². The second-order valence-electron chi connectivity index (χ2n) is 5.71. The number of methoxy groups -OCH3 is 1. The van der Waals surface area contributed by atoms with Crippen LogP contribution in [-0.2, 0) is 9.53 Å². The van der Waals surface area contributed by atoms with Crippen LogP contribution in [0.1, 0.15) is 46.0 Å². The summed E-state index contributed by atoms with van der Waals surface area (Å²) in [6, 6.07) is 0.679. The Morgan fingerprint density at radius 3 is 2.94 bits per heavy atom. The van der Waals surface area contributed by atoms with Gasteiger partial charge in [-0.25, -0.2) is 4.79 Å². The van der Waals surface area contributed by atoms with Crippen molar-refractivity contribution in [2.75, 3.05) is 20.2 Å². The maximum atomic E-state index is 12.3. The van der Waals surface area contributed by atoms with Gasteiger partial charge in [0.05, 0.1) is 7.11 Å². The average Bonchev–Trinajstić information content (AvgIpc) is 2.78. The summed E-state index contributed by atoms with van der Waals surface area (Å²) in [5.41, 5.74) is -0.468. The zero-order chi connectivity index (χ0) is 13.2. The number of carbonyl (C=O) groups is 1. The van der Waals surface area contributed by atoms with Crippen molar-refractivity contribution < 1.29 is 9.53 Å². The second kappa shape index (κ2) is 5.57. The third-order valence-electron chi connectivity index (χ3n) is 4.64. The van der Waals surface area contributed by atoms with E-state index in [2.05, 4.69) is 24.1 Å². The molecule has 2 rings (SSSR count). The van der Waals surface area contributed by atoms with Gasteiger partial charge in [-0.1, -0.05) is 13.3 Å². The van der Waals surface area contributed by atoms with Crippen molar-refractivity contribution >= 4 is 5.97 Å². The van der Waals surface area contributed by atoms with Crippen molar-refractivity contribution in [3.8, 4) is 0 Å². The Labute approximate surface area is 110 Å². The van der Waals surface area contributed by atoms with Crippen molar-refractivity contribution in [1.29, 1.82) is 0 Å². The molecule has 2 heterocycles. The van der Waals surface area contributed by atoms with Crippen molar-refractivity contribution in [2.45, 2.75) is 63.6 Å². The normalized spacial score (nSPS) is 34.1. The van der Waals surface area contributed by atoms with Crippen molar-refractivity contribution in [3.63, 3.8) is 0 Å². The lowest BCUT2D eigenvalue weighted by molar-refractivity contribution is -0.150. The van der Waals surface area contributed by atoms with Crippen molar-refractivity contribution in [3.05, 3.63) is 0 Å². The molecule has 2 fully saturated rings. The topological polar surface area (TPSA) is 41.6 Å². The third-order valence-corrected chi connectivity index (χ3v) is 4.64. The molecule has 0 aromatic heterocycles. The minimum Gasteiger partial charge on any atom is -0.468 e. The van der Waals surface area contributed by atoms with Gasteiger partial charge in [-0.3, -0.25) is 10.2 Å². The van der Waals surface area contributed by atoms with E-state index >= 15 is 0 Å². The lowest BCUT2D eigenvalue weighted by Crippen LogP contribution is -2.63. The molecule has 104 valence electrons. The predicted molar refractivity (Wildman–Crippen MR) is 71.5 cm³/mol. The van der Waals surface area contributed by atoms with E-state index in [-0.39, 0.29) is 5.97 Å². The smallest absolute Gasteiger partial charge is 0.327 e. The lowest BCUT2D eigenvalue weighted by atomic mass is 9.84. The Hall–Kier alpha value is -0.610. The molecule has 3 unspecified atom stereocenters. The number of hydrogen-bond donors (Lipinski definition) is 1. The predicted octanol–water partition coefficient (Wildman–Crippen LogP) is 1.54. The summed E-state index contributed by atoms with van der Waals surface area (Å²) in [7, 11) is 1.51. The van der Waals surface area contributed by atoms with Crippen LogP contribution >= 0.6 is 0 Å². The van der Waals surface area contributed by atoms with Gasteiger partial charge in [-0.05, 0) is 39.2 Å². The second-order valence-corrected chi connectivity index (χ2v) is 5.71. The maximum Gasteiger partial charge on any atom is 0.327 e. The maximum absolute atomic E-state index is 12.3. The van der Waals surface area contributed by atoms with Crippen molar-refractivity contribution in [2.24, 2.45) is 0 Å². The molecule has 2 aliphatic rings. The Kier molecular flexibility index (Phi) is 4.28. The number of nitrogens with zero attached hydrogens (tertiary/aromatic N) is 1. The van der Waals surface area contributed by atoms with Gasteiger partial charge in [0.15, 0.2) is 0 Å². The van der Waals surface area contributed by atoms with Crippen LogP contribution < -0.4 is 5.32 Å². The molecule has 2 aliphatic heterocycles. The molecule has 1 N–H and O–H groups in total. The van der Waals surface area contributed by atoms with Crippen LogP contribution in [0, 0.1) is 0 Å². The molecule has 18 heavy (non-hydrogen) atoms. The summed E-state index contributed by atoms with van der Waals surface area (Å²) in [6.45, 7) is 6.45. The number of fused-ring (bicyclic) bond motifs is 1. The fraction of sp³-hybridized carbons (Fsp3) is 0.929. The number of nitrogens with one attached hydrogen (secondary N) is 1. The van der Waals surface area contributed by atoms with Crippen LogP contribution in [0.4, 0.5) is 0 Å². The number of rotatable bonds is 4. The number of hydrogen-bond acceptors (Lipinski definition) is 4. The summed E-state index contributed by atoms with van der Waals surface area (Å²) >= 11 is 0. The fourth-order valence-corrected chi connectivity index (χ4v) is 3.49. The van der Waals surface area contributed by atoms with Gasteiger partial charge in [0.2, 0.25) is 0 Å². The summed E-state index contributed by atoms with van der Waals surface area (Å²) < 4.78 is 5.10. The van der Waals surface area contributed by atoms with E-state index in [1.165, 1.54) is 20.0 Å². The molecule has 0 bridgehead atoms. The molecule has 0 radical (unpaired) electrons. The molecule has 0 aliphatic carbocycles. The first-order chi connectivity index (χ1) is 8.64. The summed E-state index contributed by atoms with van der Waals surface area (Å²) in [5.74, 6) is -0.0720. The molecule has 3 atom stereocenters. The first-order valence-electron chi connectivity index (χ1n) is 7.24. The van der Waals surface area contributed by atoms with E-state index < -0.39 is 5.54 Å². The Bertz CT molecular complexity index is 308. The summed E-state index contributed by atoms with van der Waals surface area (Å²) in [4.78, 5) is 14.8. The SMILES string of the molecule is CCC(C)NC1(C(=O)OC)CCN2CCCCC21. The third kappa shape index (κ3) is 2.28. The Morgan fingerprint density at radius 2 is 2.28 bits per heavy atom. The molecular formula is C14H26N2O2. The van der Waals surface area contributed by atoms with Gasteiger partial charge in [0, 0.05) is 18.6 Å². The Balaban J connectivity index is 2.21. The fourth-order valence-electron chi connectivity index (χ4n) is 3.49. The number of piperidine rings is 1. The van der Waals surface area contributed by atoms with Crippen LogP contribution in [0.15, 0.2) is 0 Å². The van der Waals surface area contributed by atoms with Gasteiger partial charge in [0.1, 0.15) is 5.54 Å². The van der Waals surface area contributed by atoms with Crippen LogP contribution in [0.3, 0.4) is 0 Å². The number of ether oxygens (including phenoxy) is 1. The first kappa shape index (κ1) is 13.8. The van der Waals surface area contributed by atoms with E-state index in [0.29, 0.717) is 12.1 Å². The first-order valence-corrected chi connectivity index (χ1v) is 7.24. The monoisotopic (exact) mass is 254 g/mol. The van der Waals surface area contributed by atoms with Crippen LogP contribution in [0.25, 0.3) is 0 Å². The lowest BCUT2D eigenvalue weighted by Gasteiger charge is -2.40. The summed E-state index contributed by atoms with van der Waals surface area (Å²) in [5, 5.41) is 3.58. The number of carbonyl (C=O) groups excluding carboxylic acids is 1. The zero-order valence-electron chi connectivity index (χ0n) is 11.9. The molecule has 4 nitrogen and oxygen atoms in total. The highest BCUT2D eigenvalue weighted by molar-refractivity contribution is 5.82. The van der Waals surface area contributed by atoms with Crippen molar-refractivity contribution in [1.82, 2.24) is 10.2 Å². The largest absolute Gasteiger partial charge is 0.468 e. The van der Waals surface area contributed by atoms with Gasteiger partial charge in [-0.2, -0.15) is 0 Å². The molecular weight excluding hydrogens is 228 g/mol. The minimum atomic E-state index is -0.468. The average molecular weight is 254 g/mol. The Morgan fingerprint density at radius 1 is 1.50 bits per heavy atom. The summed E-state index contributed by atoms with van der Waals surface area (Å²) in [6.07, 6.45) is 5.51. The molecule has 0 spiro atoms. The van der Waals surface area contributed by atoms with Gasteiger partial charge in [-0.15, -0.1) is 0 Å². The highest BCUT2D eigenvalue weighted by Crippen LogP contribution is 2.36. The molecule has 4 heteroatoms. The van der Waals surface area contributed by atoms with Crippen LogP contribution in [-0.4, -0.2) is 48.7 Å². The quantitative estimate of drug-likeness (QED) is 0.773. The van der Waals surface area contributed by atoms with E-state index in [4.69, 9.17) is 4.74 Å². The molecule has 0 saturated carbocycles. The van der Waals surface area contributed by atoms with E-state index in [9.17, 15) is 4.79 Å². The molecule has 2 saturated heterocycles. The highest BCUT2D eigenvalue weighted by atomic mass is 16.5. The molecule has 0 aromatic rings. The number of esters is 1. The van der Waals surface area contributed by atoms with Crippen LogP contribution in [0.2, 0.25) is 0 Å². The van der Waals surface area contributed by atoms with E-state index in [1.54, 1.807) is 0 Å². The van der Waals surface area contributed by atoms with Crippen LogP contribution in [0.5, 0.6) is 0 Å². The molecule has 0 aromatic carbocycles. The van der Waals surface area contributed by atoms with E-state index in [1.807, 2.05) is 0 Å². The standard InChI is InChI=1S/C14H26N2O2/c1-4-11(2)15-14(13(17)18-3)8-10-16-9-6-5-7-12(14)16/h11-12,15H,4-10H2,1-3H3.